The molecule has 1 atom stereocenters. The van der Waals surface area contributed by atoms with E-state index < -0.39 is 0 Å². The van der Waals surface area contributed by atoms with Gasteiger partial charge in [-0.2, -0.15) is 0 Å². The van der Waals surface area contributed by atoms with Gasteiger partial charge in [-0.15, -0.1) is 0 Å². The number of nitrogens with zero attached hydrogens (tertiary/aromatic N) is 2. The third-order valence-electron chi connectivity index (χ3n) is 4.22. The number of benzene rings is 1. The van der Waals surface area contributed by atoms with Gasteiger partial charge in [-0.3, -0.25) is 0 Å². The van der Waals surface area contributed by atoms with Gasteiger partial charge in [0.15, 0.2) is 0 Å². The summed E-state index contributed by atoms with van der Waals surface area (Å²) in [5, 5.41) is 0. The molecule has 0 aromatic heterocycles. The zero-order valence-electron chi connectivity index (χ0n) is 10.5. The molecule has 2 aliphatic rings. The van der Waals surface area contributed by atoms with E-state index in [0.29, 0.717) is 5.41 Å². The second-order valence-corrected chi connectivity index (χ2v) is 5.64. The van der Waals surface area contributed by atoms with E-state index in [9.17, 15) is 0 Å². The third kappa shape index (κ3) is 1.29. The Morgan fingerprint density at radius 1 is 1.19 bits per heavy atom. The van der Waals surface area contributed by atoms with Gasteiger partial charge in [0.1, 0.15) is 0 Å². The van der Waals surface area contributed by atoms with E-state index in [0.717, 1.165) is 0 Å². The zero-order chi connectivity index (χ0) is 11.3. The van der Waals surface area contributed by atoms with E-state index in [-0.39, 0.29) is 0 Å². The van der Waals surface area contributed by atoms with Crippen LogP contribution in [0.5, 0.6) is 0 Å². The van der Waals surface area contributed by atoms with E-state index in [1.165, 1.54) is 37.3 Å². The molecule has 16 heavy (non-hydrogen) atoms. The molecule has 1 fully saturated rings. The van der Waals surface area contributed by atoms with Crippen LogP contribution < -0.4 is 4.90 Å². The maximum atomic E-state index is 2.46. The number of anilines is 1. The first-order valence-corrected chi connectivity index (χ1v) is 6.12. The highest BCUT2D eigenvalue weighted by molar-refractivity contribution is 5.63. The molecule has 0 saturated carbocycles. The Hall–Kier alpha value is -1.02. The topological polar surface area (TPSA) is 6.48 Å². The highest BCUT2D eigenvalue weighted by atomic mass is 15.2. The lowest BCUT2D eigenvalue weighted by atomic mass is 9.81. The first kappa shape index (κ1) is 10.2. The molecule has 1 aromatic rings. The predicted octanol–water partition coefficient (Wildman–Crippen LogP) is 2.02. The molecule has 86 valence electrons. The molecular weight excluding hydrogens is 196 g/mol. The average Bonchev–Trinajstić information content (AvgIpc) is 2.71. The van der Waals surface area contributed by atoms with Crippen LogP contribution in [0.1, 0.15) is 17.5 Å². The standard InChI is InChI=1S/C14H20N2/c1-11-4-5-13-12(8-11)14(10-16(13)3)6-7-15(2)9-14/h4-5,8H,6-7,9-10H2,1-3H3. The Bertz CT molecular complexity index is 427. The lowest BCUT2D eigenvalue weighted by Crippen LogP contribution is -2.34. The quantitative estimate of drug-likeness (QED) is 0.654. The lowest BCUT2D eigenvalue weighted by Gasteiger charge is -2.24. The van der Waals surface area contributed by atoms with Crippen LogP contribution in [0.2, 0.25) is 0 Å². The van der Waals surface area contributed by atoms with Crippen LogP contribution >= 0.6 is 0 Å². The van der Waals surface area contributed by atoms with Crippen molar-refractivity contribution in [1.29, 1.82) is 0 Å². The molecule has 1 spiro atoms. The molecule has 0 N–H and O–H groups in total. The predicted molar refractivity (Wildman–Crippen MR) is 68.2 cm³/mol. The van der Waals surface area contributed by atoms with Gasteiger partial charge >= 0.3 is 0 Å². The molecule has 2 heterocycles. The highest BCUT2D eigenvalue weighted by Crippen LogP contribution is 2.45. The molecule has 2 nitrogen and oxygen atoms in total. The summed E-state index contributed by atoms with van der Waals surface area (Å²) in [4.78, 5) is 4.89. The number of aryl methyl sites for hydroxylation is 1. The Balaban J connectivity index is 2.10. The van der Waals surface area contributed by atoms with Crippen molar-refractivity contribution < 1.29 is 0 Å². The van der Waals surface area contributed by atoms with Crippen LogP contribution in [0, 0.1) is 6.92 Å². The molecular formula is C14H20N2. The minimum Gasteiger partial charge on any atom is -0.373 e. The second-order valence-electron chi connectivity index (χ2n) is 5.64. The molecule has 0 amide bonds. The summed E-state index contributed by atoms with van der Waals surface area (Å²) in [6.07, 6.45) is 1.31. The van der Waals surface area contributed by atoms with Crippen molar-refractivity contribution >= 4 is 5.69 Å². The maximum Gasteiger partial charge on any atom is 0.0403 e. The number of fused-ring (bicyclic) bond motifs is 2. The number of likely N-dealkylation sites (N-methyl/N-ethyl adjacent to an activating group) is 2. The van der Waals surface area contributed by atoms with Gasteiger partial charge in [0.05, 0.1) is 0 Å². The van der Waals surface area contributed by atoms with Crippen molar-refractivity contribution in [2.45, 2.75) is 18.8 Å². The van der Waals surface area contributed by atoms with Crippen LogP contribution in [0.15, 0.2) is 18.2 Å². The lowest BCUT2D eigenvalue weighted by molar-refractivity contribution is 0.377. The Morgan fingerprint density at radius 3 is 2.69 bits per heavy atom. The van der Waals surface area contributed by atoms with E-state index in [2.05, 4.69) is 49.0 Å². The summed E-state index contributed by atoms with van der Waals surface area (Å²) in [6, 6.07) is 6.92. The van der Waals surface area contributed by atoms with Crippen LogP contribution in [-0.2, 0) is 5.41 Å². The first-order chi connectivity index (χ1) is 7.61. The highest BCUT2D eigenvalue weighted by Gasteiger charge is 2.45. The van der Waals surface area contributed by atoms with Crippen molar-refractivity contribution in [3.63, 3.8) is 0 Å². The van der Waals surface area contributed by atoms with Gasteiger partial charge in [0, 0.05) is 31.2 Å². The molecule has 1 aromatic carbocycles. The fourth-order valence-electron chi connectivity index (χ4n) is 3.46. The number of hydrogen-bond acceptors (Lipinski definition) is 2. The third-order valence-corrected chi connectivity index (χ3v) is 4.22. The Kier molecular flexibility index (Phi) is 2.05. The van der Waals surface area contributed by atoms with Crippen LogP contribution in [0.4, 0.5) is 5.69 Å². The summed E-state index contributed by atoms with van der Waals surface area (Å²) in [5.74, 6) is 0. The molecule has 2 aliphatic heterocycles. The zero-order valence-corrected chi connectivity index (χ0v) is 10.5. The van der Waals surface area contributed by atoms with Crippen molar-refractivity contribution in [2.24, 2.45) is 0 Å². The SMILES string of the molecule is Cc1ccc2c(c1)C1(CCN(C)C1)CN2C. The normalized spacial score (nSPS) is 29.1. The van der Waals surface area contributed by atoms with Gasteiger partial charge in [-0.05, 0) is 38.6 Å². The summed E-state index contributed by atoms with van der Waals surface area (Å²) < 4.78 is 0. The van der Waals surface area contributed by atoms with Crippen molar-refractivity contribution in [1.82, 2.24) is 4.90 Å². The molecule has 0 aliphatic carbocycles. The van der Waals surface area contributed by atoms with E-state index >= 15 is 0 Å². The molecule has 0 bridgehead atoms. The van der Waals surface area contributed by atoms with Crippen LogP contribution in [-0.4, -0.2) is 38.6 Å². The smallest absolute Gasteiger partial charge is 0.0403 e. The summed E-state index contributed by atoms with van der Waals surface area (Å²) >= 11 is 0. The van der Waals surface area contributed by atoms with Gasteiger partial charge < -0.3 is 9.80 Å². The molecule has 0 radical (unpaired) electrons. The largest absolute Gasteiger partial charge is 0.373 e. The summed E-state index contributed by atoms with van der Waals surface area (Å²) in [7, 11) is 4.46. The first-order valence-electron chi connectivity index (χ1n) is 6.12. The fraction of sp³-hybridized carbons (Fsp3) is 0.571. The minimum absolute atomic E-state index is 0.408. The summed E-state index contributed by atoms with van der Waals surface area (Å²) in [6.45, 7) is 5.84. The number of likely N-dealkylation sites (tertiary alicyclic amines) is 1. The Morgan fingerprint density at radius 2 is 2.00 bits per heavy atom. The van der Waals surface area contributed by atoms with Crippen molar-refractivity contribution in [3.8, 4) is 0 Å². The number of rotatable bonds is 0. The second kappa shape index (κ2) is 3.24. The summed E-state index contributed by atoms with van der Waals surface area (Å²) in [5.41, 5.74) is 4.83. The monoisotopic (exact) mass is 216 g/mol. The van der Waals surface area contributed by atoms with Gasteiger partial charge in [0.25, 0.3) is 0 Å². The van der Waals surface area contributed by atoms with Crippen LogP contribution in [0.3, 0.4) is 0 Å². The van der Waals surface area contributed by atoms with Gasteiger partial charge in [-0.1, -0.05) is 17.7 Å². The minimum atomic E-state index is 0.408. The van der Waals surface area contributed by atoms with Crippen molar-refractivity contribution in [2.75, 3.05) is 38.6 Å². The molecule has 1 unspecified atom stereocenters. The van der Waals surface area contributed by atoms with E-state index in [1.807, 2.05) is 0 Å². The maximum absolute atomic E-state index is 2.46. The Labute approximate surface area is 97.9 Å². The number of hydrogen-bond donors (Lipinski definition) is 0. The molecule has 2 heteroatoms. The molecule has 3 rings (SSSR count). The average molecular weight is 216 g/mol. The molecule has 1 saturated heterocycles. The van der Waals surface area contributed by atoms with Gasteiger partial charge in [-0.25, -0.2) is 0 Å². The van der Waals surface area contributed by atoms with Crippen molar-refractivity contribution in [3.05, 3.63) is 29.3 Å². The van der Waals surface area contributed by atoms with E-state index in [4.69, 9.17) is 0 Å². The van der Waals surface area contributed by atoms with Crippen LogP contribution in [0.25, 0.3) is 0 Å². The fourth-order valence-corrected chi connectivity index (χ4v) is 3.46. The van der Waals surface area contributed by atoms with E-state index in [1.54, 1.807) is 5.56 Å². The van der Waals surface area contributed by atoms with Gasteiger partial charge in [0.2, 0.25) is 0 Å².